The number of aromatic nitrogens is 1. The van der Waals surface area contributed by atoms with E-state index < -0.39 is 0 Å². The molecule has 0 radical (unpaired) electrons. The molecule has 0 unspecified atom stereocenters. The zero-order chi connectivity index (χ0) is 21.5. The third-order valence-electron chi connectivity index (χ3n) is 4.66. The zero-order valence-electron chi connectivity index (χ0n) is 17.4. The predicted octanol–water partition coefficient (Wildman–Crippen LogP) is 3.62. The van der Waals surface area contributed by atoms with Crippen LogP contribution in [0.3, 0.4) is 0 Å². The van der Waals surface area contributed by atoms with Crippen molar-refractivity contribution in [2.75, 3.05) is 43.5 Å². The summed E-state index contributed by atoms with van der Waals surface area (Å²) in [5.41, 5.74) is 1.54. The fraction of sp³-hybridized carbons (Fsp3) is 0.318. The average Bonchev–Trinajstić information content (AvgIpc) is 3.17. The molecule has 0 atom stereocenters. The SMILES string of the molecule is CCN(CC(=O)Nc1cccc(OC)c1)CC(=O)N(CC)c1nc2ccccc2s1. The van der Waals surface area contributed by atoms with Crippen molar-refractivity contribution in [2.45, 2.75) is 13.8 Å². The van der Waals surface area contributed by atoms with Crippen molar-refractivity contribution < 1.29 is 14.3 Å². The molecular weight excluding hydrogens is 400 g/mol. The van der Waals surface area contributed by atoms with Gasteiger partial charge in [0.15, 0.2) is 5.13 Å². The number of fused-ring (bicyclic) bond motifs is 1. The van der Waals surface area contributed by atoms with Crippen LogP contribution >= 0.6 is 11.3 Å². The van der Waals surface area contributed by atoms with Crippen molar-refractivity contribution in [1.82, 2.24) is 9.88 Å². The van der Waals surface area contributed by atoms with E-state index in [2.05, 4.69) is 10.3 Å². The first kappa shape index (κ1) is 21.7. The molecule has 0 aliphatic rings. The standard InChI is InChI=1S/C22H26N4O3S/c1-4-25(14-20(27)23-16-9-8-10-17(13-16)29-3)15-21(28)26(5-2)22-24-18-11-6-7-12-19(18)30-22/h6-13H,4-5,14-15H2,1-3H3,(H,23,27). The van der Waals surface area contributed by atoms with Gasteiger partial charge < -0.3 is 10.1 Å². The van der Waals surface area contributed by atoms with Gasteiger partial charge in [-0.25, -0.2) is 4.98 Å². The first-order chi connectivity index (χ1) is 14.5. The number of anilines is 2. The van der Waals surface area contributed by atoms with E-state index in [4.69, 9.17) is 4.74 Å². The number of likely N-dealkylation sites (N-methyl/N-ethyl adjacent to an activating group) is 2. The summed E-state index contributed by atoms with van der Waals surface area (Å²) >= 11 is 1.50. The Hall–Kier alpha value is -2.97. The van der Waals surface area contributed by atoms with Crippen LogP contribution in [-0.4, -0.2) is 55.0 Å². The third kappa shape index (κ3) is 5.34. The average molecular weight is 427 g/mol. The van der Waals surface area contributed by atoms with Crippen LogP contribution < -0.4 is 15.0 Å². The molecule has 8 heteroatoms. The lowest BCUT2D eigenvalue weighted by atomic mass is 10.3. The van der Waals surface area contributed by atoms with Crippen LogP contribution in [-0.2, 0) is 9.59 Å². The summed E-state index contributed by atoms with van der Waals surface area (Å²) in [6.45, 7) is 5.22. The van der Waals surface area contributed by atoms with Crippen molar-refractivity contribution in [1.29, 1.82) is 0 Å². The molecule has 158 valence electrons. The first-order valence-corrected chi connectivity index (χ1v) is 10.7. The van der Waals surface area contributed by atoms with E-state index >= 15 is 0 Å². The van der Waals surface area contributed by atoms with Gasteiger partial charge in [0.05, 0.1) is 30.4 Å². The Morgan fingerprint density at radius 2 is 1.87 bits per heavy atom. The van der Waals surface area contributed by atoms with Crippen LogP contribution in [0, 0.1) is 0 Å². The maximum absolute atomic E-state index is 12.9. The molecule has 3 aromatic rings. The van der Waals surface area contributed by atoms with Crippen molar-refractivity contribution in [3.05, 3.63) is 48.5 Å². The molecule has 0 fully saturated rings. The van der Waals surface area contributed by atoms with Gasteiger partial charge in [0.2, 0.25) is 11.8 Å². The maximum atomic E-state index is 12.9. The number of ether oxygens (including phenoxy) is 1. The normalized spacial score (nSPS) is 10.9. The Bertz CT molecular complexity index is 987. The summed E-state index contributed by atoms with van der Waals surface area (Å²) in [6.07, 6.45) is 0. The minimum absolute atomic E-state index is 0.0763. The number of nitrogens with one attached hydrogen (secondary N) is 1. The van der Waals surface area contributed by atoms with Crippen molar-refractivity contribution in [3.63, 3.8) is 0 Å². The summed E-state index contributed by atoms with van der Waals surface area (Å²) in [4.78, 5) is 33.5. The van der Waals surface area contributed by atoms with E-state index in [9.17, 15) is 9.59 Å². The van der Waals surface area contributed by atoms with E-state index in [1.165, 1.54) is 11.3 Å². The van der Waals surface area contributed by atoms with Crippen molar-refractivity contribution in [2.24, 2.45) is 0 Å². The molecule has 0 bridgehead atoms. The lowest BCUT2D eigenvalue weighted by Crippen LogP contribution is -2.43. The molecule has 7 nitrogen and oxygen atoms in total. The minimum atomic E-state index is -0.180. The fourth-order valence-corrected chi connectivity index (χ4v) is 4.10. The highest BCUT2D eigenvalue weighted by Gasteiger charge is 2.21. The maximum Gasteiger partial charge on any atom is 0.242 e. The number of thiazole rings is 1. The fourth-order valence-electron chi connectivity index (χ4n) is 3.05. The van der Waals surface area contributed by atoms with Crippen LogP contribution in [0.5, 0.6) is 5.75 Å². The first-order valence-electron chi connectivity index (χ1n) is 9.86. The number of methoxy groups -OCH3 is 1. The Kier molecular flexibility index (Phi) is 7.37. The van der Waals surface area contributed by atoms with E-state index in [1.807, 2.05) is 55.1 Å². The highest BCUT2D eigenvalue weighted by molar-refractivity contribution is 7.22. The minimum Gasteiger partial charge on any atom is -0.497 e. The Morgan fingerprint density at radius 3 is 2.57 bits per heavy atom. The van der Waals surface area contributed by atoms with Gasteiger partial charge >= 0.3 is 0 Å². The Labute approximate surface area is 180 Å². The van der Waals surface area contributed by atoms with Crippen LogP contribution in [0.4, 0.5) is 10.8 Å². The number of amides is 2. The number of benzene rings is 2. The van der Waals surface area contributed by atoms with Crippen molar-refractivity contribution in [3.8, 4) is 5.75 Å². The molecule has 0 spiro atoms. The molecule has 1 heterocycles. The highest BCUT2D eigenvalue weighted by Crippen LogP contribution is 2.28. The van der Waals surface area contributed by atoms with Crippen LogP contribution in [0.15, 0.2) is 48.5 Å². The number of carbonyl (C=O) groups excluding carboxylic acids is 2. The third-order valence-corrected chi connectivity index (χ3v) is 5.72. The molecule has 3 rings (SSSR count). The second kappa shape index (κ2) is 10.2. The second-order valence-corrected chi connectivity index (χ2v) is 7.69. The monoisotopic (exact) mass is 426 g/mol. The second-order valence-electron chi connectivity index (χ2n) is 6.69. The molecule has 0 aliphatic carbocycles. The van der Waals surface area contributed by atoms with Gasteiger partial charge in [-0.15, -0.1) is 0 Å². The van der Waals surface area contributed by atoms with Gasteiger partial charge in [-0.05, 0) is 37.7 Å². The molecular formula is C22H26N4O3S. The summed E-state index contributed by atoms with van der Waals surface area (Å²) in [7, 11) is 1.58. The van der Waals surface area contributed by atoms with Gasteiger partial charge in [0, 0.05) is 18.3 Å². The lowest BCUT2D eigenvalue weighted by Gasteiger charge is -2.24. The molecule has 2 amide bonds. The van der Waals surface area contributed by atoms with Gasteiger partial charge in [0.1, 0.15) is 5.75 Å². The lowest BCUT2D eigenvalue weighted by molar-refractivity contribution is -0.121. The topological polar surface area (TPSA) is 74.8 Å². The summed E-state index contributed by atoms with van der Waals surface area (Å²) < 4.78 is 6.22. The summed E-state index contributed by atoms with van der Waals surface area (Å²) in [6, 6.07) is 15.0. The summed E-state index contributed by atoms with van der Waals surface area (Å²) in [5.74, 6) is 0.415. The van der Waals surface area contributed by atoms with Crippen molar-refractivity contribution >= 4 is 44.2 Å². The number of carbonyl (C=O) groups is 2. The van der Waals surface area contributed by atoms with E-state index in [0.29, 0.717) is 29.7 Å². The molecule has 1 N–H and O–H groups in total. The number of rotatable bonds is 9. The van der Waals surface area contributed by atoms with Gasteiger partial charge in [-0.3, -0.25) is 19.4 Å². The molecule has 1 aromatic heterocycles. The largest absolute Gasteiger partial charge is 0.497 e. The van der Waals surface area contributed by atoms with E-state index in [1.54, 1.807) is 24.1 Å². The number of para-hydroxylation sites is 1. The smallest absolute Gasteiger partial charge is 0.242 e. The van der Waals surface area contributed by atoms with Gasteiger partial charge in [0.25, 0.3) is 0 Å². The highest BCUT2D eigenvalue weighted by atomic mass is 32.1. The van der Waals surface area contributed by atoms with E-state index in [0.717, 1.165) is 10.2 Å². The van der Waals surface area contributed by atoms with Crippen LogP contribution in [0.25, 0.3) is 10.2 Å². The predicted molar refractivity (Wildman–Crippen MR) is 121 cm³/mol. The summed E-state index contributed by atoms with van der Waals surface area (Å²) in [5, 5.41) is 3.53. The van der Waals surface area contributed by atoms with Crippen LogP contribution in [0.2, 0.25) is 0 Å². The molecule has 0 saturated carbocycles. The number of nitrogens with zero attached hydrogens (tertiary/aromatic N) is 3. The van der Waals surface area contributed by atoms with E-state index in [-0.39, 0.29) is 24.9 Å². The Balaban J connectivity index is 1.63. The van der Waals surface area contributed by atoms with Gasteiger partial charge in [-0.1, -0.05) is 36.5 Å². The Morgan fingerprint density at radius 1 is 1.07 bits per heavy atom. The number of hydrogen-bond acceptors (Lipinski definition) is 6. The molecule has 2 aromatic carbocycles. The molecule has 30 heavy (non-hydrogen) atoms. The molecule has 0 aliphatic heterocycles. The van der Waals surface area contributed by atoms with Gasteiger partial charge in [-0.2, -0.15) is 0 Å². The number of hydrogen-bond donors (Lipinski definition) is 1. The van der Waals surface area contributed by atoms with Crippen LogP contribution in [0.1, 0.15) is 13.8 Å². The zero-order valence-corrected chi connectivity index (χ0v) is 18.2. The molecule has 0 saturated heterocycles. The quantitative estimate of drug-likeness (QED) is 0.566.